The highest BCUT2D eigenvalue weighted by Gasteiger charge is 2.25. The van der Waals surface area contributed by atoms with E-state index in [0.29, 0.717) is 11.3 Å². The molecule has 0 fully saturated rings. The predicted octanol–water partition coefficient (Wildman–Crippen LogP) is 10.2. The Bertz CT molecular complexity index is 1030. The topological polar surface area (TPSA) is 64.1 Å². The number of carbonyl (C=O) groups excluding carboxylic acids is 3. The van der Waals surface area contributed by atoms with E-state index >= 15 is 0 Å². The summed E-state index contributed by atoms with van der Waals surface area (Å²) >= 11 is 1.05. The molecule has 2 aromatic rings. The van der Waals surface area contributed by atoms with Gasteiger partial charge < -0.3 is 0 Å². The van der Waals surface area contributed by atoms with Crippen LogP contribution < -0.4 is 0 Å². The molecule has 2 rings (SSSR count). The second kappa shape index (κ2) is 24.5. The minimum Gasteiger partial charge on any atom is -0.299 e. The van der Waals surface area contributed by atoms with Crippen LogP contribution in [0, 0.1) is 26.2 Å². The predicted molar refractivity (Wildman–Crippen MR) is 182 cm³/mol. The third kappa shape index (κ3) is 26.9. The molecule has 0 spiro atoms. The van der Waals surface area contributed by atoms with Gasteiger partial charge in [0.05, 0.1) is 5.75 Å². The van der Waals surface area contributed by atoms with Crippen molar-refractivity contribution in [3.8, 4) is 0 Å². The van der Waals surface area contributed by atoms with Crippen molar-refractivity contribution < 1.29 is 23.2 Å². The molecule has 0 saturated heterocycles. The number of Topliss-reactive ketones (excluding diaryl/α,β-unsaturated/α-hetero) is 2. The quantitative estimate of drug-likeness (QED) is 0.286. The van der Waals surface area contributed by atoms with Crippen LogP contribution in [0.25, 0.3) is 0 Å². The van der Waals surface area contributed by atoms with Gasteiger partial charge in [0.25, 0.3) is 5.66 Å². The van der Waals surface area contributed by atoms with Gasteiger partial charge in [-0.1, -0.05) is 106 Å². The third-order valence-corrected chi connectivity index (χ3v) is 6.99. The summed E-state index contributed by atoms with van der Waals surface area (Å²) in [4.78, 5) is 34.5. The van der Waals surface area contributed by atoms with Crippen LogP contribution in [0.3, 0.4) is 0 Å². The van der Waals surface area contributed by atoms with Gasteiger partial charge >= 0.3 is 0 Å². The number of thioether (sulfide) groups is 1. The normalized spacial score (nSPS) is 10.3. The fraction of sp³-hybridized carbons (Fsp3) is 0.588. The molecule has 0 aliphatic carbocycles. The van der Waals surface area contributed by atoms with Gasteiger partial charge in [0, 0.05) is 30.3 Å². The maximum absolute atomic E-state index is 12.7. The summed E-state index contributed by atoms with van der Waals surface area (Å²) in [6, 6.07) is 8.04. The number of hydrogen-bond donors (Lipinski definition) is 0. The summed E-state index contributed by atoms with van der Waals surface area (Å²) in [6.45, 7) is 22.8. The Kier molecular flexibility index (Phi) is 25.9. The van der Waals surface area contributed by atoms with Gasteiger partial charge in [0.2, 0.25) is 0 Å². The lowest BCUT2D eigenvalue weighted by atomic mass is 9.92. The maximum atomic E-state index is 12.7. The van der Waals surface area contributed by atoms with E-state index in [1.807, 2.05) is 20.8 Å². The van der Waals surface area contributed by atoms with E-state index in [4.69, 9.17) is 0 Å². The molecule has 0 saturated carbocycles. The first kappa shape index (κ1) is 44.5. The average molecular weight is 628 g/mol. The number of hydrogen-bond acceptors (Lipinski definition) is 5. The summed E-state index contributed by atoms with van der Waals surface area (Å²) in [5.41, 5.74) is 1.88. The zero-order chi connectivity index (χ0) is 33.5. The van der Waals surface area contributed by atoms with Crippen molar-refractivity contribution in [1.29, 1.82) is 0 Å². The molecule has 0 bridgehead atoms. The molecule has 1 heterocycles. The summed E-state index contributed by atoms with van der Waals surface area (Å²) in [5.74, 6) is 0.604. The minimum absolute atomic E-state index is 0.000185. The van der Waals surface area contributed by atoms with Gasteiger partial charge in [-0.15, -0.1) is 0 Å². The highest BCUT2D eigenvalue weighted by molar-refractivity contribution is 8.14. The van der Waals surface area contributed by atoms with Gasteiger partial charge in [-0.2, -0.15) is 8.78 Å². The fourth-order valence-electron chi connectivity index (χ4n) is 2.49. The Morgan fingerprint density at radius 3 is 1.71 bits per heavy atom. The van der Waals surface area contributed by atoms with E-state index in [9.17, 15) is 23.2 Å². The van der Waals surface area contributed by atoms with Crippen molar-refractivity contribution >= 4 is 37.7 Å². The highest BCUT2D eigenvalue weighted by Crippen LogP contribution is 2.35. The van der Waals surface area contributed by atoms with Crippen LogP contribution in [0.2, 0.25) is 0 Å². The molecular weight excluding hydrogens is 571 g/mol. The van der Waals surface area contributed by atoms with E-state index in [1.54, 1.807) is 13.8 Å². The SMILES string of the molecule is CC(=O)C(C)(C)C.CC(=O)CSC(C)=O.CCCC.CCCCc1cc(C)ccc1C.Cc1cnccc1C(F)(F)P. The third-order valence-electron chi connectivity index (χ3n) is 5.72. The van der Waals surface area contributed by atoms with Crippen LogP contribution in [0.15, 0.2) is 36.7 Å². The van der Waals surface area contributed by atoms with Gasteiger partial charge in [-0.05, 0) is 70.2 Å². The number of benzene rings is 1. The van der Waals surface area contributed by atoms with Crippen LogP contribution in [0.1, 0.15) is 116 Å². The van der Waals surface area contributed by atoms with Crippen molar-refractivity contribution in [3.63, 3.8) is 0 Å². The van der Waals surface area contributed by atoms with E-state index in [2.05, 4.69) is 57.8 Å². The van der Waals surface area contributed by atoms with E-state index in [-0.39, 0.29) is 27.7 Å². The Hall–Kier alpha value is -1.98. The zero-order valence-electron chi connectivity index (χ0n) is 28.1. The number of aromatic nitrogens is 1. The summed E-state index contributed by atoms with van der Waals surface area (Å²) in [6.07, 6.45) is 9.26. The van der Waals surface area contributed by atoms with E-state index in [0.717, 1.165) is 11.8 Å². The first-order chi connectivity index (χ1) is 19.2. The molecule has 1 atom stereocenters. The zero-order valence-corrected chi connectivity index (χ0v) is 30.1. The number of halogens is 2. The number of unbranched alkanes of at least 4 members (excludes halogenated alkanes) is 2. The van der Waals surface area contributed by atoms with E-state index in [1.165, 1.54) is 90.3 Å². The Labute approximate surface area is 261 Å². The number of aryl methyl sites for hydroxylation is 4. The lowest BCUT2D eigenvalue weighted by Crippen LogP contribution is -2.15. The first-order valence-corrected chi connectivity index (χ1v) is 16.1. The summed E-state index contributed by atoms with van der Waals surface area (Å²) in [7, 11) is 1.50. The number of pyridine rings is 1. The number of rotatable bonds is 7. The standard InChI is InChI=1S/C12H18.C7H8F2NP.C6H12O.C5H8O2S.C4H10/c1-4-5-6-12-9-10(2)7-8-11(12)3;1-5-4-10-3-2-6(5)7(8,9)11;1-5(7)6(2,3)4;1-4(6)3-8-5(2)7;1-3-4-2/h7-9H,4-6H2,1-3H3;2-4H,11H2,1H3;1-4H3;3H2,1-2H3;3-4H2,1-2H3. The molecule has 1 aromatic carbocycles. The number of ketones is 2. The van der Waals surface area contributed by atoms with Crippen LogP contribution in [-0.4, -0.2) is 27.4 Å². The van der Waals surface area contributed by atoms with Gasteiger partial charge in [-0.25, -0.2) is 0 Å². The maximum Gasteiger partial charge on any atom is 0.284 e. The lowest BCUT2D eigenvalue weighted by Gasteiger charge is -2.11. The van der Waals surface area contributed by atoms with Gasteiger partial charge in [0.1, 0.15) is 11.6 Å². The Balaban J connectivity index is -0.000000472. The number of nitrogens with zero attached hydrogens (tertiary/aromatic N) is 1. The second-order valence-corrected chi connectivity index (χ2v) is 13.0. The lowest BCUT2D eigenvalue weighted by molar-refractivity contribution is -0.124. The molecule has 240 valence electrons. The van der Waals surface area contributed by atoms with Crippen LogP contribution >= 0.6 is 21.0 Å². The molecule has 0 N–H and O–H groups in total. The van der Waals surface area contributed by atoms with Crippen molar-refractivity contribution in [3.05, 3.63) is 64.5 Å². The fourth-order valence-corrected chi connectivity index (χ4v) is 3.22. The summed E-state index contributed by atoms with van der Waals surface area (Å²) < 4.78 is 25.3. The second-order valence-electron chi connectivity index (χ2n) is 11.1. The molecule has 0 radical (unpaired) electrons. The molecule has 4 nitrogen and oxygen atoms in total. The van der Waals surface area contributed by atoms with Crippen molar-refractivity contribution in [2.24, 2.45) is 5.41 Å². The largest absolute Gasteiger partial charge is 0.299 e. The average Bonchev–Trinajstić information content (AvgIpc) is 2.88. The van der Waals surface area contributed by atoms with E-state index < -0.39 is 5.66 Å². The monoisotopic (exact) mass is 627 g/mol. The van der Waals surface area contributed by atoms with Crippen LogP contribution in [0.5, 0.6) is 0 Å². The molecule has 42 heavy (non-hydrogen) atoms. The molecule has 1 aromatic heterocycles. The molecule has 1 unspecified atom stereocenters. The smallest absolute Gasteiger partial charge is 0.284 e. The number of carbonyl (C=O) groups is 3. The highest BCUT2D eigenvalue weighted by atomic mass is 32.2. The Morgan fingerprint density at radius 1 is 0.881 bits per heavy atom. The molecule has 0 amide bonds. The Morgan fingerprint density at radius 2 is 1.40 bits per heavy atom. The number of alkyl halides is 2. The van der Waals surface area contributed by atoms with Gasteiger partial charge in [0.15, 0.2) is 5.12 Å². The molecule has 8 heteroatoms. The molecule has 0 aliphatic rings. The van der Waals surface area contributed by atoms with Crippen molar-refractivity contribution in [1.82, 2.24) is 4.98 Å². The molecule has 0 aliphatic heterocycles. The van der Waals surface area contributed by atoms with Crippen molar-refractivity contribution in [2.75, 3.05) is 5.75 Å². The first-order valence-electron chi connectivity index (χ1n) is 14.5. The van der Waals surface area contributed by atoms with Crippen LogP contribution in [-0.2, 0) is 26.5 Å². The van der Waals surface area contributed by atoms with Crippen molar-refractivity contribution in [2.45, 2.75) is 121 Å². The minimum atomic E-state index is -2.84. The molecular formula is C34H56F2NO3PS. The summed E-state index contributed by atoms with van der Waals surface area (Å²) in [5, 5.41) is 0.000185. The van der Waals surface area contributed by atoms with Gasteiger partial charge in [-0.3, -0.25) is 19.4 Å². The van der Waals surface area contributed by atoms with Crippen LogP contribution in [0.4, 0.5) is 8.78 Å².